The number of halogens is 2. The van der Waals surface area contributed by atoms with Crippen LogP contribution in [0.2, 0.25) is 5.02 Å². The molecule has 0 saturated heterocycles. The number of hydrogen-bond donors (Lipinski definition) is 1. The Bertz CT molecular complexity index is 830. The Morgan fingerprint density at radius 3 is 2.61 bits per heavy atom. The van der Waals surface area contributed by atoms with Crippen LogP contribution in [-0.2, 0) is 6.54 Å². The second-order valence-electron chi connectivity index (χ2n) is 4.93. The molecule has 0 aliphatic heterocycles. The first-order valence-corrected chi connectivity index (χ1v) is 8.13. The van der Waals surface area contributed by atoms with Crippen molar-refractivity contribution < 1.29 is 4.79 Å². The van der Waals surface area contributed by atoms with Crippen LogP contribution in [0.5, 0.6) is 0 Å². The maximum Gasteiger partial charge on any atom is 0.257 e. The highest BCUT2D eigenvalue weighted by atomic mass is 79.9. The van der Waals surface area contributed by atoms with Crippen LogP contribution in [0, 0.1) is 0 Å². The minimum absolute atomic E-state index is 0.185. The molecule has 0 atom stereocenters. The normalized spacial score (nSPS) is 10.5. The van der Waals surface area contributed by atoms with Gasteiger partial charge in [-0.15, -0.1) is 0 Å². The van der Waals surface area contributed by atoms with Crippen LogP contribution in [-0.4, -0.2) is 15.7 Å². The summed E-state index contributed by atoms with van der Waals surface area (Å²) >= 11 is 9.28. The van der Waals surface area contributed by atoms with E-state index < -0.39 is 0 Å². The predicted molar refractivity (Wildman–Crippen MR) is 94.9 cm³/mol. The third-order valence-electron chi connectivity index (χ3n) is 3.32. The van der Waals surface area contributed by atoms with E-state index in [0.717, 1.165) is 10.0 Å². The fraction of sp³-hybridized carbons (Fsp3) is 0.0588. The molecule has 3 aromatic rings. The number of aromatic nitrogens is 2. The van der Waals surface area contributed by atoms with E-state index >= 15 is 0 Å². The zero-order valence-corrected chi connectivity index (χ0v) is 14.4. The average Bonchev–Trinajstić information content (AvgIpc) is 2.97. The van der Waals surface area contributed by atoms with Gasteiger partial charge >= 0.3 is 0 Å². The summed E-state index contributed by atoms with van der Waals surface area (Å²) in [5.41, 5.74) is 1.63. The number of benzene rings is 2. The number of rotatable bonds is 4. The highest BCUT2D eigenvalue weighted by molar-refractivity contribution is 9.10. The fourth-order valence-electron chi connectivity index (χ4n) is 2.16. The number of amides is 1. The zero-order chi connectivity index (χ0) is 16.2. The first-order chi connectivity index (χ1) is 11.1. The molecule has 1 heterocycles. The smallest absolute Gasteiger partial charge is 0.257 e. The van der Waals surface area contributed by atoms with Crippen molar-refractivity contribution >= 4 is 39.3 Å². The summed E-state index contributed by atoms with van der Waals surface area (Å²) in [6.07, 6.45) is 1.66. The van der Waals surface area contributed by atoms with E-state index in [1.165, 1.54) is 0 Å². The molecule has 0 bridgehead atoms. The number of anilines is 1. The van der Waals surface area contributed by atoms with Crippen LogP contribution in [0.1, 0.15) is 15.9 Å². The Balaban J connectivity index is 1.77. The molecule has 0 spiro atoms. The van der Waals surface area contributed by atoms with Crippen molar-refractivity contribution in [3.05, 3.63) is 81.4 Å². The third kappa shape index (κ3) is 3.81. The van der Waals surface area contributed by atoms with Gasteiger partial charge < -0.3 is 5.32 Å². The highest BCUT2D eigenvalue weighted by Crippen LogP contribution is 2.18. The van der Waals surface area contributed by atoms with Crippen molar-refractivity contribution in [1.82, 2.24) is 9.78 Å². The van der Waals surface area contributed by atoms with Gasteiger partial charge in [0.1, 0.15) is 5.82 Å². The summed E-state index contributed by atoms with van der Waals surface area (Å²) in [7, 11) is 0. The van der Waals surface area contributed by atoms with Crippen molar-refractivity contribution in [3.63, 3.8) is 0 Å². The lowest BCUT2D eigenvalue weighted by molar-refractivity contribution is 0.102. The van der Waals surface area contributed by atoms with Gasteiger partial charge in [-0.05, 0) is 45.8 Å². The van der Waals surface area contributed by atoms with Gasteiger partial charge in [0.2, 0.25) is 0 Å². The van der Waals surface area contributed by atoms with E-state index in [1.807, 2.05) is 42.5 Å². The molecular formula is C17H13BrClN3O. The standard InChI is InChI=1S/C17H13BrClN3O/c18-15-4-2-1-3-14(15)17(23)21-16-9-10-20-22(16)11-12-5-7-13(19)8-6-12/h1-10H,11H2,(H,21,23). The molecule has 1 N–H and O–H groups in total. The Morgan fingerprint density at radius 1 is 1.13 bits per heavy atom. The van der Waals surface area contributed by atoms with Crippen LogP contribution in [0.25, 0.3) is 0 Å². The average molecular weight is 391 g/mol. The maximum atomic E-state index is 12.4. The van der Waals surface area contributed by atoms with Gasteiger partial charge in [0, 0.05) is 15.6 Å². The molecule has 1 aromatic heterocycles. The lowest BCUT2D eigenvalue weighted by Gasteiger charge is -2.10. The van der Waals surface area contributed by atoms with Crippen LogP contribution in [0.3, 0.4) is 0 Å². The third-order valence-corrected chi connectivity index (χ3v) is 4.27. The van der Waals surface area contributed by atoms with E-state index in [9.17, 15) is 4.79 Å². The monoisotopic (exact) mass is 389 g/mol. The van der Waals surface area contributed by atoms with E-state index in [0.29, 0.717) is 22.9 Å². The molecule has 0 saturated carbocycles. The van der Waals surface area contributed by atoms with Crippen molar-refractivity contribution in [2.24, 2.45) is 0 Å². The first kappa shape index (κ1) is 15.8. The molecule has 116 valence electrons. The minimum atomic E-state index is -0.185. The van der Waals surface area contributed by atoms with E-state index in [4.69, 9.17) is 11.6 Å². The molecule has 3 rings (SSSR count). The number of carbonyl (C=O) groups is 1. The topological polar surface area (TPSA) is 46.9 Å². The van der Waals surface area contributed by atoms with Crippen LogP contribution < -0.4 is 5.32 Å². The minimum Gasteiger partial charge on any atom is -0.307 e. The Labute approximate surface area is 147 Å². The lowest BCUT2D eigenvalue weighted by atomic mass is 10.2. The maximum absolute atomic E-state index is 12.4. The first-order valence-electron chi connectivity index (χ1n) is 6.95. The molecule has 0 aliphatic rings. The Morgan fingerprint density at radius 2 is 1.87 bits per heavy atom. The second kappa shape index (κ2) is 6.98. The Hall–Kier alpha value is -2.11. The molecule has 23 heavy (non-hydrogen) atoms. The van der Waals surface area contributed by atoms with Gasteiger partial charge in [-0.2, -0.15) is 5.10 Å². The highest BCUT2D eigenvalue weighted by Gasteiger charge is 2.12. The van der Waals surface area contributed by atoms with Crippen LogP contribution >= 0.6 is 27.5 Å². The number of nitrogens with zero attached hydrogens (tertiary/aromatic N) is 2. The van der Waals surface area contributed by atoms with Crippen LogP contribution in [0.15, 0.2) is 65.3 Å². The van der Waals surface area contributed by atoms with E-state index in [2.05, 4.69) is 26.3 Å². The lowest BCUT2D eigenvalue weighted by Crippen LogP contribution is -2.16. The van der Waals surface area contributed by atoms with E-state index in [-0.39, 0.29) is 5.91 Å². The number of hydrogen-bond acceptors (Lipinski definition) is 2. The summed E-state index contributed by atoms with van der Waals surface area (Å²) in [6, 6.07) is 16.6. The molecule has 0 radical (unpaired) electrons. The molecule has 6 heteroatoms. The predicted octanol–water partition coefficient (Wildman–Crippen LogP) is 4.60. The quantitative estimate of drug-likeness (QED) is 0.708. The van der Waals surface area contributed by atoms with E-state index in [1.54, 1.807) is 23.0 Å². The summed E-state index contributed by atoms with van der Waals surface area (Å²) in [5, 5.41) is 7.84. The summed E-state index contributed by atoms with van der Waals surface area (Å²) < 4.78 is 2.49. The van der Waals surface area contributed by atoms with Gasteiger partial charge in [0.25, 0.3) is 5.91 Å². The summed E-state index contributed by atoms with van der Waals surface area (Å²) in [6.45, 7) is 0.551. The number of nitrogens with one attached hydrogen (secondary N) is 1. The summed E-state index contributed by atoms with van der Waals surface area (Å²) in [5.74, 6) is 0.455. The molecule has 0 aliphatic carbocycles. The van der Waals surface area contributed by atoms with Gasteiger partial charge in [0.05, 0.1) is 18.3 Å². The largest absolute Gasteiger partial charge is 0.307 e. The molecule has 0 unspecified atom stereocenters. The van der Waals surface area contributed by atoms with Crippen molar-refractivity contribution in [2.75, 3.05) is 5.32 Å². The Kier molecular flexibility index (Phi) is 4.79. The van der Waals surface area contributed by atoms with Crippen molar-refractivity contribution in [2.45, 2.75) is 6.54 Å². The molecule has 0 fully saturated rings. The second-order valence-corrected chi connectivity index (χ2v) is 6.23. The molecule has 1 amide bonds. The van der Waals surface area contributed by atoms with Crippen molar-refractivity contribution in [1.29, 1.82) is 0 Å². The van der Waals surface area contributed by atoms with Crippen molar-refractivity contribution in [3.8, 4) is 0 Å². The van der Waals surface area contributed by atoms with Gasteiger partial charge in [-0.1, -0.05) is 35.9 Å². The molecule has 4 nitrogen and oxygen atoms in total. The SMILES string of the molecule is O=C(Nc1ccnn1Cc1ccc(Cl)cc1)c1ccccc1Br. The molecular weight excluding hydrogens is 378 g/mol. The number of carbonyl (C=O) groups excluding carboxylic acids is 1. The zero-order valence-electron chi connectivity index (χ0n) is 12.0. The van der Waals surface area contributed by atoms with Crippen LogP contribution in [0.4, 0.5) is 5.82 Å². The van der Waals surface area contributed by atoms with Gasteiger partial charge in [-0.25, -0.2) is 4.68 Å². The van der Waals surface area contributed by atoms with Gasteiger partial charge in [0.15, 0.2) is 0 Å². The van der Waals surface area contributed by atoms with Gasteiger partial charge in [-0.3, -0.25) is 4.79 Å². The molecule has 2 aromatic carbocycles. The summed E-state index contributed by atoms with van der Waals surface area (Å²) in [4.78, 5) is 12.4. The fourth-order valence-corrected chi connectivity index (χ4v) is 2.75.